The Kier molecular flexibility index (Phi) is 3.20. The third-order valence-electron chi connectivity index (χ3n) is 2.05. The molecule has 86 valence electrons. The Morgan fingerprint density at radius 1 is 1.35 bits per heavy atom. The van der Waals surface area contributed by atoms with E-state index < -0.39 is 11.5 Å². The van der Waals surface area contributed by atoms with Crippen LogP contribution in [0.5, 0.6) is 0 Å². The Morgan fingerprint density at radius 2 is 2.18 bits per heavy atom. The Labute approximate surface area is 101 Å². The van der Waals surface area contributed by atoms with Gasteiger partial charge < -0.3 is 10.3 Å². The van der Waals surface area contributed by atoms with Gasteiger partial charge in [-0.1, -0.05) is 11.6 Å². The largest absolute Gasteiger partial charge is 0.328 e. The average Bonchev–Trinajstić information content (AvgIpc) is 2.32. The number of hydrogen-bond donors (Lipinski definition) is 2. The van der Waals surface area contributed by atoms with Gasteiger partial charge >= 0.3 is 0 Å². The molecule has 0 saturated carbocycles. The molecule has 2 aromatic heterocycles. The minimum atomic E-state index is -0.549. The van der Waals surface area contributed by atoms with Crippen LogP contribution in [0.15, 0.2) is 41.5 Å². The number of nitrogens with one attached hydrogen (secondary N) is 2. The van der Waals surface area contributed by atoms with Gasteiger partial charge in [0.05, 0.1) is 5.02 Å². The van der Waals surface area contributed by atoms with Crippen molar-refractivity contribution in [1.82, 2.24) is 9.97 Å². The van der Waals surface area contributed by atoms with E-state index in [1.807, 2.05) is 0 Å². The van der Waals surface area contributed by atoms with Crippen LogP contribution in [0.1, 0.15) is 10.4 Å². The highest BCUT2D eigenvalue weighted by atomic mass is 35.5. The first-order chi connectivity index (χ1) is 8.18. The minimum absolute atomic E-state index is 0.00854. The maximum Gasteiger partial charge on any atom is 0.262 e. The summed E-state index contributed by atoms with van der Waals surface area (Å²) < 4.78 is 0. The normalized spacial score (nSPS) is 9.94. The molecule has 0 aliphatic carbocycles. The fourth-order valence-corrected chi connectivity index (χ4v) is 1.42. The van der Waals surface area contributed by atoms with E-state index in [-0.39, 0.29) is 11.4 Å². The number of amides is 1. The van der Waals surface area contributed by atoms with Crippen LogP contribution in [-0.2, 0) is 0 Å². The van der Waals surface area contributed by atoms with Crippen LogP contribution in [0.4, 0.5) is 5.82 Å². The van der Waals surface area contributed by atoms with E-state index in [2.05, 4.69) is 15.3 Å². The molecule has 2 aromatic rings. The Bertz CT molecular complexity index is 609. The van der Waals surface area contributed by atoms with Crippen LogP contribution >= 0.6 is 11.6 Å². The van der Waals surface area contributed by atoms with Crippen molar-refractivity contribution in [3.8, 4) is 0 Å². The maximum atomic E-state index is 11.8. The second kappa shape index (κ2) is 4.80. The third kappa shape index (κ3) is 2.51. The number of carbonyl (C=O) groups is 1. The standard InChI is InChI=1S/C11H8ClN3O2/c12-8-4-2-5-13-9(8)15-11(17)7-3-1-6-14-10(7)16/h1-6H,(H,14,16)(H,13,15,17). The molecule has 6 heteroatoms. The summed E-state index contributed by atoms with van der Waals surface area (Å²) in [4.78, 5) is 29.4. The molecule has 0 radical (unpaired) electrons. The van der Waals surface area contributed by atoms with E-state index in [0.29, 0.717) is 5.02 Å². The molecule has 0 unspecified atom stereocenters. The highest BCUT2D eigenvalue weighted by molar-refractivity contribution is 6.33. The first-order valence-corrected chi connectivity index (χ1v) is 5.16. The highest BCUT2D eigenvalue weighted by Gasteiger charge is 2.11. The SMILES string of the molecule is O=C(Nc1ncccc1Cl)c1ccc[nH]c1=O. The highest BCUT2D eigenvalue weighted by Crippen LogP contribution is 2.17. The van der Waals surface area contributed by atoms with Crippen LogP contribution in [0, 0.1) is 0 Å². The predicted octanol–water partition coefficient (Wildman–Crippen LogP) is 1.68. The predicted molar refractivity (Wildman–Crippen MR) is 64.3 cm³/mol. The molecule has 0 bridgehead atoms. The van der Waals surface area contributed by atoms with Gasteiger partial charge in [-0.05, 0) is 24.3 Å². The van der Waals surface area contributed by atoms with Crippen LogP contribution in [-0.4, -0.2) is 15.9 Å². The summed E-state index contributed by atoms with van der Waals surface area (Å²) in [5.74, 6) is -0.324. The molecular formula is C11H8ClN3O2. The lowest BCUT2D eigenvalue weighted by atomic mass is 10.2. The van der Waals surface area contributed by atoms with E-state index in [0.717, 1.165) is 0 Å². The van der Waals surface area contributed by atoms with Gasteiger partial charge in [0.2, 0.25) is 0 Å². The topological polar surface area (TPSA) is 74.8 Å². The lowest BCUT2D eigenvalue weighted by Gasteiger charge is -2.04. The van der Waals surface area contributed by atoms with E-state index in [4.69, 9.17) is 11.6 Å². The average molecular weight is 250 g/mol. The molecule has 0 aliphatic rings. The van der Waals surface area contributed by atoms with Gasteiger partial charge in [-0.25, -0.2) is 4.98 Å². The molecule has 0 spiro atoms. The number of nitrogens with zero attached hydrogens (tertiary/aromatic N) is 1. The molecule has 2 N–H and O–H groups in total. The van der Waals surface area contributed by atoms with E-state index >= 15 is 0 Å². The number of carbonyl (C=O) groups excluding carboxylic acids is 1. The smallest absolute Gasteiger partial charge is 0.262 e. The van der Waals surface area contributed by atoms with E-state index in [1.165, 1.54) is 18.5 Å². The maximum absolute atomic E-state index is 11.8. The van der Waals surface area contributed by atoms with Gasteiger partial charge in [-0.15, -0.1) is 0 Å². The van der Waals surface area contributed by atoms with Crippen molar-refractivity contribution in [2.45, 2.75) is 0 Å². The number of hydrogen-bond acceptors (Lipinski definition) is 3. The number of anilines is 1. The Balaban J connectivity index is 2.27. The number of H-pyrrole nitrogens is 1. The zero-order chi connectivity index (χ0) is 12.3. The van der Waals surface area contributed by atoms with Crippen molar-refractivity contribution in [1.29, 1.82) is 0 Å². The lowest BCUT2D eigenvalue weighted by molar-refractivity contribution is 0.102. The van der Waals surface area contributed by atoms with Crippen LogP contribution < -0.4 is 10.9 Å². The number of halogens is 1. The molecule has 0 aliphatic heterocycles. The summed E-state index contributed by atoms with van der Waals surface area (Å²) in [7, 11) is 0. The summed E-state index contributed by atoms with van der Waals surface area (Å²) in [5.41, 5.74) is -0.453. The van der Waals surface area contributed by atoms with Gasteiger partial charge in [-0.3, -0.25) is 9.59 Å². The van der Waals surface area contributed by atoms with Gasteiger partial charge in [0, 0.05) is 12.4 Å². The third-order valence-corrected chi connectivity index (χ3v) is 2.36. The molecule has 2 rings (SSSR count). The molecule has 1 amide bonds. The second-order valence-electron chi connectivity index (χ2n) is 3.20. The molecule has 0 aromatic carbocycles. The lowest BCUT2D eigenvalue weighted by Crippen LogP contribution is -2.22. The second-order valence-corrected chi connectivity index (χ2v) is 3.61. The molecule has 17 heavy (non-hydrogen) atoms. The monoisotopic (exact) mass is 249 g/mol. The fourth-order valence-electron chi connectivity index (χ4n) is 1.25. The molecule has 2 heterocycles. The van der Waals surface area contributed by atoms with Gasteiger partial charge in [0.15, 0.2) is 5.82 Å². The van der Waals surface area contributed by atoms with Crippen molar-refractivity contribution in [3.63, 3.8) is 0 Å². The van der Waals surface area contributed by atoms with Crippen molar-refractivity contribution >= 4 is 23.3 Å². The molecule has 0 atom stereocenters. The van der Waals surface area contributed by atoms with E-state index in [9.17, 15) is 9.59 Å². The van der Waals surface area contributed by atoms with Gasteiger partial charge in [0.25, 0.3) is 11.5 Å². The number of rotatable bonds is 2. The van der Waals surface area contributed by atoms with Crippen molar-refractivity contribution in [2.24, 2.45) is 0 Å². The number of aromatic nitrogens is 2. The van der Waals surface area contributed by atoms with Crippen molar-refractivity contribution < 1.29 is 4.79 Å². The summed E-state index contributed by atoms with van der Waals surface area (Å²) in [6.07, 6.45) is 2.95. The van der Waals surface area contributed by atoms with Crippen LogP contribution in [0.2, 0.25) is 5.02 Å². The van der Waals surface area contributed by atoms with Crippen molar-refractivity contribution in [3.05, 3.63) is 57.6 Å². The quantitative estimate of drug-likeness (QED) is 0.850. The van der Waals surface area contributed by atoms with Gasteiger partial charge in [0.1, 0.15) is 5.56 Å². The van der Waals surface area contributed by atoms with Crippen LogP contribution in [0.3, 0.4) is 0 Å². The first kappa shape index (κ1) is 11.3. The zero-order valence-electron chi connectivity index (χ0n) is 8.61. The van der Waals surface area contributed by atoms with Gasteiger partial charge in [-0.2, -0.15) is 0 Å². The summed E-state index contributed by atoms with van der Waals surface area (Å²) in [6, 6.07) is 6.23. The molecule has 0 fully saturated rings. The van der Waals surface area contributed by atoms with E-state index in [1.54, 1.807) is 18.2 Å². The number of pyridine rings is 2. The molecule has 0 saturated heterocycles. The van der Waals surface area contributed by atoms with Crippen molar-refractivity contribution in [2.75, 3.05) is 5.32 Å². The first-order valence-electron chi connectivity index (χ1n) is 4.78. The minimum Gasteiger partial charge on any atom is -0.328 e. The fraction of sp³-hybridized carbons (Fsp3) is 0. The molecular weight excluding hydrogens is 242 g/mol. The zero-order valence-corrected chi connectivity index (χ0v) is 9.36. The Morgan fingerprint density at radius 3 is 2.88 bits per heavy atom. The number of aromatic amines is 1. The summed E-state index contributed by atoms with van der Waals surface area (Å²) in [5, 5.41) is 2.78. The molecule has 5 nitrogen and oxygen atoms in total. The summed E-state index contributed by atoms with van der Waals surface area (Å²) in [6.45, 7) is 0. The summed E-state index contributed by atoms with van der Waals surface area (Å²) >= 11 is 5.83. The van der Waals surface area contributed by atoms with Crippen LogP contribution in [0.25, 0.3) is 0 Å². The Hall–Kier alpha value is -2.14.